The first kappa shape index (κ1) is 23.9. The third-order valence-electron chi connectivity index (χ3n) is 5.49. The van der Waals surface area contributed by atoms with E-state index in [0.717, 1.165) is 18.8 Å². The molecule has 1 aliphatic rings. The number of aliphatic hydroxyl groups excluding tert-OH is 1. The van der Waals surface area contributed by atoms with E-state index >= 15 is 0 Å². The second-order valence-electron chi connectivity index (χ2n) is 9.15. The molecule has 1 aliphatic heterocycles. The maximum Gasteiger partial charge on any atom is 0.163 e. The number of hydrogen-bond donors (Lipinski definition) is 1. The Labute approximate surface area is 163 Å². The van der Waals surface area contributed by atoms with Crippen molar-refractivity contribution in [3.05, 3.63) is 0 Å². The molecule has 3 heteroatoms. The van der Waals surface area contributed by atoms with Gasteiger partial charge in [-0.25, -0.2) is 0 Å². The maximum absolute atomic E-state index is 10.2. The van der Waals surface area contributed by atoms with Crippen LogP contribution in [-0.2, 0) is 9.47 Å². The summed E-state index contributed by atoms with van der Waals surface area (Å²) in [5.74, 6) is 0.343. The van der Waals surface area contributed by atoms with Gasteiger partial charge < -0.3 is 14.6 Å². The lowest BCUT2D eigenvalue weighted by Gasteiger charge is -2.20. The van der Waals surface area contributed by atoms with Gasteiger partial charge in [-0.15, -0.1) is 0 Å². The Morgan fingerprint density at radius 2 is 1.19 bits per heavy atom. The molecular formula is C23H46O3. The van der Waals surface area contributed by atoms with Crippen molar-refractivity contribution in [2.45, 2.75) is 136 Å². The van der Waals surface area contributed by atoms with Crippen molar-refractivity contribution in [1.29, 1.82) is 0 Å². The first-order chi connectivity index (χ1) is 12.4. The van der Waals surface area contributed by atoms with Crippen LogP contribution in [0.1, 0.15) is 118 Å². The minimum atomic E-state index is -0.528. The summed E-state index contributed by atoms with van der Waals surface area (Å²) in [6.45, 7) is 8.98. The molecule has 3 nitrogen and oxygen atoms in total. The summed E-state index contributed by atoms with van der Waals surface area (Å²) in [4.78, 5) is 0. The highest BCUT2D eigenvalue weighted by Crippen LogP contribution is 2.26. The number of aliphatic hydroxyl groups is 1. The Kier molecular flexibility index (Phi) is 12.8. The van der Waals surface area contributed by atoms with Crippen LogP contribution in [0.25, 0.3) is 0 Å². The molecule has 1 N–H and O–H groups in total. The van der Waals surface area contributed by atoms with Crippen molar-refractivity contribution in [3.8, 4) is 0 Å². The summed E-state index contributed by atoms with van der Waals surface area (Å²) in [7, 11) is 0. The predicted octanol–water partition coefficient (Wildman–Crippen LogP) is 6.62. The molecule has 156 valence electrons. The van der Waals surface area contributed by atoms with Gasteiger partial charge >= 0.3 is 0 Å². The summed E-state index contributed by atoms with van der Waals surface area (Å²) in [6, 6.07) is 0. The number of unbranched alkanes of at least 4 members (excludes halogenated alkanes) is 11. The molecular weight excluding hydrogens is 324 g/mol. The molecule has 0 spiro atoms. The van der Waals surface area contributed by atoms with Gasteiger partial charge in [0.25, 0.3) is 0 Å². The van der Waals surface area contributed by atoms with Crippen molar-refractivity contribution >= 4 is 0 Å². The Morgan fingerprint density at radius 1 is 0.769 bits per heavy atom. The lowest BCUT2D eigenvalue weighted by molar-refractivity contribution is -0.151. The lowest BCUT2D eigenvalue weighted by atomic mass is 10.0. The quantitative estimate of drug-likeness (QED) is 0.310. The highest BCUT2D eigenvalue weighted by molar-refractivity contribution is 4.77. The van der Waals surface area contributed by atoms with Crippen molar-refractivity contribution < 1.29 is 14.6 Å². The average molecular weight is 371 g/mol. The fourth-order valence-electron chi connectivity index (χ4n) is 3.76. The smallest absolute Gasteiger partial charge is 0.163 e. The molecule has 26 heavy (non-hydrogen) atoms. The van der Waals surface area contributed by atoms with Gasteiger partial charge in [0.05, 0.1) is 12.7 Å². The third kappa shape index (κ3) is 12.3. The SMILES string of the molecule is CC(C)CCCCCCCCCCCCCCC(O)C1COC(C)(C)O1. The fourth-order valence-corrected chi connectivity index (χ4v) is 3.76. The van der Waals surface area contributed by atoms with Crippen molar-refractivity contribution in [3.63, 3.8) is 0 Å². The molecule has 0 amide bonds. The second-order valence-corrected chi connectivity index (χ2v) is 9.15. The van der Waals surface area contributed by atoms with Crippen LogP contribution in [0.3, 0.4) is 0 Å². The number of hydrogen-bond acceptors (Lipinski definition) is 3. The Hall–Kier alpha value is -0.120. The molecule has 0 bridgehead atoms. The molecule has 0 aromatic carbocycles. The summed E-state index contributed by atoms with van der Waals surface area (Å²) in [5, 5.41) is 10.2. The zero-order valence-electron chi connectivity index (χ0n) is 18.1. The molecule has 0 aromatic heterocycles. The van der Waals surface area contributed by atoms with Crippen LogP contribution < -0.4 is 0 Å². The number of rotatable bonds is 16. The summed E-state index contributed by atoms with van der Waals surface area (Å²) in [5.41, 5.74) is 0. The Morgan fingerprint density at radius 3 is 1.58 bits per heavy atom. The molecule has 1 saturated heterocycles. The van der Waals surface area contributed by atoms with Gasteiger partial charge in [0.1, 0.15) is 6.10 Å². The topological polar surface area (TPSA) is 38.7 Å². The van der Waals surface area contributed by atoms with E-state index < -0.39 is 5.79 Å². The van der Waals surface area contributed by atoms with E-state index in [1.807, 2.05) is 13.8 Å². The van der Waals surface area contributed by atoms with Gasteiger partial charge in [-0.2, -0.15) is 0 Å². The van der Waals surface area contributed by atoms with Crippen molar-refractivity contribution in [2.75, 3.05) is 6.61 Å². The minimum Gasteiger partial charge on any atom is -0.390 e. The van der Waals surface area contributed by atoms with Crippen LogP contribution in [0, 0.1) is 5.92 Å². The van der Waals surface area contributed by atoms with E-state index in [0.29, 0.717) is 6.61 Å². The zero-order chi connectivity index (χ0) is 19.3. The van der Waals surface area contributed by atoms with Gasteiger partial charge in [0.15, 0.2) is 5.79 Å². The molecule has 2 atom stereocenters. The van der Waals surface area contributed by atoms with E-state index in [1.54, 1.807) is 0 Å². The van der Waals surface area contributed by atoms with E-state index in [2.05, 4.69) is 13.8 Å². The summed E-state index contributed by atoms with van der Waals surface area (Å²) in [6.07, 6.45) is 18.0. The summed E-state index contributed by atoms with van der Waals surface area (Å²) >= 11 is 0. The highest BCUT2D eigenvalue weighted by Gasteiger charge is 2.36. The molecule has 1 rings (SSSR count). The summed E-state index contributed by atoms with van der Waals surface area (Å²) < 4.78 is 11.2. The highest BCUT2D eigenvalue weighted by atomic mass is 16.7. The van der Waals surface area contributed by atoms with Gasteiger partial charge in [-0.05, 0) is 26.2 Å². The minimum absolute atomic E-state index is 0.143. The molecule has 0 aliphatic carbocycles. The molecule has 0 radical (unpaired) electrons. The molecule has 0 saturated carbocycles. The van der Waals surface area contributed by atoms with Crippen LogP contribution in [0.4, 0.5) is 0 Å². The molecule has 1 fully saturated rings. The van der Waals surface area contributed by atoms with Crippen LogP contribution in [0.5, 0.6) is 0 Å². The van der Waals surface area contributed by atoms with Crippen LogP contribution in [0.15, 0.2) is 0 Å². The first-order valence-electron chi connectivity index (χ1n) is 11.4. The largest absolute Gasteiger partial charge is 0.390 e. The second kappa shape index (κ2) is 14.0. The van der Waals surface area contributed by atoms with Gasteiger partial charge in [0, 0.05) is 0 Å². The average Bonchev–Trinajstić information content (AvgIpc) is 2.94. The normalized spacial score (nSPS) is 20.8. The lowest BCUT2D eigenvalue weighted by Crippen LogP contribution is -2.30. The Balaban J connectivity index is 1.78. The van der Waals surface area contributed by atoms with Gasteiger partial charge in [0.2, 0.25) is 0 Å². The molecule has 1 heterocycles. The third-order valence-corrected chi connectivity index (χ3v) is 5.49. The van der Waals surface area contributed by atoms with Crippen LogP contribution >= 0.6 is 0 Å². The van der Waals surface area contributed by atoms with Gasteiger partial charge in [-0.3, -0.25) is 0 Å². The van der Waals surface area contributed by atoms with E-state index in [-0.39, 0.29) is 12.2 Å². The van der Waals surface area contributed by atoms with Crippen molar-refractivity contribution in [1.82, 2.24) is 0 Å². The Bertz CT molecular complexity index is 327. The maximum atomic E-state index is 10.2. The van der Waals surface area contributed by atoms with Gasteiger partial charge in [-0.1, -0.05) is 97.3 Å². The zero-order valence-corrected chi connectivity index (χ0v) is 18.1. The van der Waals surface area contributed by atoms with Crippen molar-refractivity contribution in [2.24, 2.45) is 5.92 Å². The number of ether oxygens (including phenoxy) is 2. The first-order valence-corrected chi connectivity index (χ1v) is 11.4. The van der Waals surface area contributed by atoms with E-state index in [9.17, 15) is 5.11 Å². The molecule has 0 aromatic rings. The van der Waals surface area contributed by atoms with E-state index in [4.69, 9.17) is 9.47 Å². The molecule has 2 unspecified atom stereocenters. The standard InChI is InChI=1S/C23H46O3/c1-20(2)17-15-13-11-9-7-5-6-8-10-12-14-16-18-21(24)22-19-25-23(3,4)26-22/h20-22,24H,5-19H2,1-4H3. The van der Waals surface area contributed by atoms with Crippen LogP contribution in [0.2, 0.25) is 0 Å². The monoisotopic (exact) mass is 370 g/mol. The fraction of sp³-hybridized carbons (Fsp3) is 1.00. The predicted molar refractivity (Wildman–Crippen MR) is 110 cm³/mol. The van der Waals surface area contributed by atoms with E-state index in [1.165, 1.54) is 77.0 Å². The van der Waals surface area contributed by atoms with Crippen LogP contribution in [-0.4, -0.2) is 29.7 Å².